The van der Waals surface area contributed by atoms with Gasteiger partial charge in [0, 0.05) is 37.9 Å². The van der Waals surface area contributed by atoms with Gasteiger partial charge in [0.05, 0.1) is 5.56 Å². The Kier molecular flexibility index (Phi) is 4.77. The molecule has 2 amide bonds. The third-order valence-electron chi connectivity index (χ3n) is 3.57. The molecule has 0 bridgehead atoms. The number of nitrogens with one attached hydrogen (secondary N) is 1. The Hall–Kier alpha value is -2.31. The Labute approximate surface area is 135 Å². The molecule has 0 radical (unpaired) electrons. The van der Waals surface area contributed by atoms with E-state index in [9.17, 15) is 14.4 Å². The van der Waals surface area contributed by atoms with E-state index >= 15 is 0 Å². The summed E-state index contributed by atoms with van der Waals surface area (Å²) >= 11 is 0. The minimum Gasteiger partial charge on any atom is -0.444 e. The topological polar surface area (TPSA) is 82.7 Å². The molecule has 1 aliphatic rings. The van der Waals surface area contributed by atoms with Crippen molar-refractivity contribution in [3.63, 3.8) is 0 Å². The number of rotatable bonds is 1. The van der Waals surface area contributed by atoms with Crippen LogP contribution >= 0.6 is 0 Å². The summed E-state index contributed by atoms with van der Waals surface area (Å²) in [5.41, 5.74) is -0.352. The lowest BCUT2D eigenvalue weighted by molar-refractivity contribution is 0.00616. The number of nitrogens with zero attached hydrogens (tertiary/aromatic N) is 2. The van der Waals surface area contributed by atoms with Crippen LogP contribution in [-0.2, 0) is 4.74 Å². The lowest BCUT2D eigenvalue weighted by Crippen LogP contribution is -2.56. The van der Waals surface area contributed by atoms with Crippen molar-refractivity contribution < 1.29 is 14.3 Å². The van der Waals surface area contributed by atoms with Crippen molar-refractivity contribution in [3.05, 3.63) is 34.2 Å². The van der Waals surface area contributed by atoms with Gasteiger partial charge in [0.25, 0.3) is 5.91 Å². The highest BCUT2D eigenvalue weighted by Gasteiger charge is 2.32. The second kappa shape index (κ2) is 6.44. The zero-order valence-corrected chi connectivity index (χ0v) is 14.0. The molecule has 0 aromatic carbocycles. The second-order valence-electron chi connectivity index (χ2n) is 6.72. The summed E-state index contributed by atoms with van der Waals surface area (Å²) in [6.45, 7) is 8.63. The molecule has 1 fully saturated rings. The van der Waals surface area contributed by atoms with Crippen molar-refractivity contribution in [2.24, 2.45) is 0 Å². The third kappa shape index (κ3) is 4.34. The molecular formula is C16H23N3O4. The summed E-state index contributed by atoms with van der Waals surface area (Å²) in [4.78, 5) is 41.5. The van der Waals surface area contributed by atoms with E-state index in [2.05, 4.69) is 4.98 Å². The number of piperazine rings is 1. The Morgan fingerprint density at radius 3 is 2.48 bits per heavy atom. The van der Waals surface area contributed by atoms with Gasteiger partial charge in [0.2, 0.25) is 5.56 Å². The number of carbonyl (C=O) groups excluding carboxylic acids is 2. The molecule has 7 heteroatoms. The van der Waals surface area contributed by atoms with Gasteiger partial charge in [-0.25, -0.2) is 4.79 Å². The molecule has 1 saturated heterocycles. The van der Waals surface area contributed by atoms with E-state index in [0.29, 0.717) is 25.2 Å². The maximum atomic E-state index is 12.5. The molecule has 2 rings (SSSR count). The number of aromatic nitrogens is 1. The van der Waals surface area contributed by atoms with Crippen molar-refractivity contribution in [2.75, 3.05) is 19.6 Å². The Morgan fingerprint density at radius 1 is 1.26 bits per heavy atom. The van der Waals surface area contributed by atoms with E-state index in [0.717, 1.165) is 0 Å². The lowest BCUT2D eigenvalue weighted by Gasteiger charge is -2.40. The highest BCUT2D eigenvalue weighted by molar-refractivity contribution is 5.94. The van der Waals surface area contributed by atoms with Crippen LogP contribution in [0.1, 0.15) is 38.1 Å². The highest BCUT2D eigenvalue weighted by atomic mass is 16.6. The highest BCUT2D eigenvalue weighted by Crippen LogP contribution is 2.16. The smallest absolute Gasteiger partial charge is 0.410 e. The molecule has 0 unspecified atom stereocenters. The van der Waals surface area contributed by atoms with E-state index in [-0.39, 0.29) is 23.6 Å². The van der Waals surface area contributed by atoms with Crippen LogP contribution in [0.25, 0.3) is 0 Å². The number of aromatic amines is 1. The standard InChI is InChI=1S/C16H23N3O4/c1-11-10-18(15(22)23-16(2,3)4)7-8-19(11)14(21)12-5-6-13(20)17-9-12/h5-6,9,11H,7-8,10H2,1-4H3,(H,17,20)/t11-/m0/s1. The van der Waals surface area contributed by atoms with Gasteiger partial charge in [-0.15, -0.1) is 0 Å². The van der Waals surface area contributed by atoms with Gasteiger partial charge in [0.15, 0.2) is 0 Å². The predicted molar refractivity (Wildman–Crippen MR) is 85.4 cm³/mol. The Morgan fingerprint density at radius 2 is 1.96 bits per heavy atom. The number of H-pyrrole nitrogens is 1. The molecular weight excluding hydrogens is 298 g/mol. The zero-order valence-electron chi connectivity index (χ0n) is 14.0. The van der Waals surface area contributed by atoms with E-state index in [1.54, 1.807) is 9.80 Å². The van der Waals surface area contributed by atoms with E-state index in [1.807, 2.05) is 27.7 Å². The lowest BCUT2D eigenvalue weighted by atomic mass is 10.1. The van der Waals surface area contributed by atoms with Crippen LogP contribution in [0.2, 0.25) is 0 Å². The molecule has 126 valence electrons. The molecule has 1 aromatic heterocycles. The number of carbonyl (C=O) groups is 2. The van der Waals surface area contributed by atoms with E-state index in [1.165, 1.54) is 18.3 Å². The van der Waals surface area contributed by atoms with Gasteiger partial charge in [-0.05, 0) is 33.8 Å². The predicted octanol–water partition coefficient (Wildman–Crippen LogP) is 1.46. The van der Waals surface area contributed by atoms with Crippen LogP contribution in [0.4, 0.5) is 4.79 Å². The van der Waals surface area contributed by atoms with Gasteiger partial charge in [-0.3, -0.25) is 9.59 Å². The second-order valence-corrected chi connectivity index (χ2v) is 6.72. The van der Waals surface area contributed by atoms with Crippen molar-refractivity contribution in [3.8, 4) is 0 Å². The van der Waals surface area contributed by atoms with Crippen LogP contribution < -0.4 is 5.56 Å². The molecule has 1 aliphatic heterocycles. The monoisotopic (exact) mass is 321 g/mol. The van der Waals surface area contributed by atoms with Gasteiger partial charge < -0.3 is 19.5 Å². The van der Waals surface area contributed by atoms with Crippen LogP contribution in [0.3, 0.4) is 0 Å². The molecule has 0 aliphatic carbocycles. The third-order valence-corrected chi connectivity index (χ3v) is 3.57. The Bertz CT molecular complexity index is 627. The first-order valence-corrected chi connectivity index (χ1v) is 7.65. The van der Waals surface area contributed by atoms with Crippen molar-refractivity contribution in [1.82, 2.24) is 14.8 Å². The average molecular weight is 321 g/mol. The minimum absolute atomic E-state index is 0.129. The van der Waals surface area contributed by atoms with Gasteiger partial charge in [0.1, 0.15) is 5.60 Å². The van der Waals surface area contributed by atoms with Gasteiger partial charge in [-0.1, -0.05) is 0 Å². The molecule has 0 spiro atoms. The fourth-order valence-corrected chi connectivity index (χ4v) is 2.46. The molecule has 23 heavy (non-hydrogen) atoms. The largest absolute Gasteiger partial charge is 0.444 e. The van der Waals surface area contributed by atoms with Crippen molar-refractivity contribution >= 4 is 12.0 Å². The van der Waals surface area contributed by atoms with Gasteiger partial charge >= 0.3 is 6.09 Å². The molecule has 1 aromatic rings. The fourth-order valence-electron chi connectivity index (χ4n) is 2.46. The van der Waals surface area contributed by atoms with Gasteiger partial charge in [-0.2, -0.15) is 0 Å². The van der Waals surface area contributed by atoms with E-state index in [4.69, 9.17) is 4.74 Å². The Balaban J connectivity index is 2.01. The first kappa shape index (κ1) is 17.1. The summed E-state index contributed by atoms with van der Waals surface area (Å²) in [6.07, 6.45) is 1.05. The summed E-state index contributed by atoms with van der Waals surface area (Å²) in [7, 11) is 0. The molecule has 1 atom stereocenters. The van der Waals surface area contributed by atoms with Crippen LogP contribution in [0, 0.1) is 0 Å². The summed E-state index contributed by atoms with van der Waals surface area (Å²) in [6, 6.07) is 2.71. The molecule has 0 saturated carbocycles. The first-order chi connectivity index (χ1) is 10.7. The summed E-state index contributed by atoms with van der Waals surface area (Å²) < 4.78 is 5.36. The minimum atomic E-state index is -0.539. The number of amides is 2. The summed E-state index contributed by atoms with van der Waals surface area (Å²) in [5.74, 6) is -0.155. The quantitative estimate of drug-likeness (QED) is 0.849. The fraction of sp³-hybridized carbons (Fsp3) is 0.562. The van der Waals surface area contributed by atoms with Crippen LogP contribution in [0.5, 0.6) is 0 Å². The molecule has 1 N–H and O–H groups in total. The van der Waals surface area contributed by atoms with Crippen molar-refractivity contribution in [1.29, 1.82) is 0 Å². The number of hydrogen-bond donors (Lipinski definition) is 1. The summed E-state index contributed by atoms with van der Waals surface area (Å²) in [5, 5.41) is 0. The van der Waals surface area contributed by atoms with Crippen LogP contribution in [0.15, 0.2) is 23.1 Å². The zero-order chi connectivity index (χ0) is 17.2. The average Bonchev–Trinajstić information content (AvgIpc) is 2.45. The van der Waals surface area contributed by atoms with Crippen LogP contribution in [-0.4, -0.2) is 58.1 Å². The first-order valence-electron chi connectivity index (χ1n) is 7.65. The molecule has 7 nitrogen and oxygen atoms in total. The normalized spacial score (nSPS) is 18.7. The van der Waals surface area contributed by atoms with Crippen molar-refractivity contribution in [2.45, 2.75) is 39.3 Å². The number of hydrogen-bond acceptors (Lipinski definition) is 4. The number of ether oxygens (including phenoxy) is 1. The van der Waals surface area contributed by atoms with E-state index < -0.39 is 5.60 Å². The SMILES string of the molecule is C[C@H]1CN(C(=O)OC(C)(C)C)CCN1C(=O)c1ccc(=O)[nH]c1. The molecule has 2 heterocycles. The maximum Gasteiger partial charge on any atom is 0.410 e. The maximum absolute atomic E-state index is 12.5. The number of pyridine rings is 1.